The van der Waals surface area contributed by atoms with E-state index in [1.54, 1.807) is 0 Å². The number of aryl methyl sites for hydroxylation is 2. The van der Waals surface area contributed by atoms with Crippen molar-refractivity contribution in [3.8, 4) is 0 Å². The molecule has 16 heavy (non-hydrogen) atoms. The lowest BCUT2D eigenvalue weighted by Crippen LogP contribution is -2.02. The summed E-state index contributed by atoms with van der Waals surface area (Å²) < 4.78 is 2.06. The maximum atomic E-state index is 9.67. The molecule has 2 rings (SSSR count). The molecule has 1 aliphatic rings. The van der Waals surface area contributed by atoms with Crippen molar-refractivity contribution < 1.29 is 5.11 Å². The van der Waals surface area contributed by atoms with Gasteiger partial charge in [0, 0.05) is 25.9 Å². The van der Waals surface area contributed by atoms with Crippen molar-refractivity contribution >= 4 is 0 Å². The molecule has 3 heteroatoms. The van der Waals surface area contributed by atoms with E-state index in [9.17, 15) is 5.11 Å². The summed E-state index contributed by atoms with van der Waals surface area (Å²) in [5, 5.41) is 9.67. The molecule has 0 bridgehead atoms. The molecular weight excluding hydrogens is 200 g/mol. The number of nitrogens with zero attached hydrogens (tertiary/aromatic N) is 2. The maximum absolute atomic E-state index is 9.67. The Bertz CT molecular complexity index is 368. The monoisotopic (exact) mass is 220 g/mol. The van der Waals surface area contributed by atoms with Crippen molar-refractivity contribution in [1.82, 2.24) is 9.55 Å². The first-order chi connectivity index (χ1) is 7.75. The Labute approximate surface area is 96.8 Å². The van der Waals surface area contributed by atoms with Crippen molar-refractivity contribution in [2.24, 2.45) is 7.05 Å². The summed E-state index contributed by atoms with van der Waals surface area (Å²) in [6, 6.07) is 0. The average molecular weight is 220 g/mol. The van der Waals surface area contributed by atoms with Crippen molar-refractivity contribution in [2.45, 2.75) is 44.6 Å². The van der Waals surface area contributed by atoms with Gasteiger partial charge in [-0.2, -0.15) is 0 Å². The molecule has 0 aliphatic heterocycles. The van der Waals surface area contributed by atoms with E-state index in [1.165, 1.54) is 12.0 Å². The molecular formula is C13H20N2O. The second-order valence-electron chi connectivity index (χ2n) is 4.59. The van der Waals surface area contributed by atoms with Gasteiger partial charge in [0.25, 0.3) is 0 Å². The fraction of sp³-hybridized carbons (Fsp3) is 0.615. The van der Waals surface area contributed by atoms with Crippen molar-refractivity contribution in [2.75, 3.05) is 0 Å². The summed E-state index contributed by atoms with van der Waals surface area (Å²) >= 11 is 0. The van der Waals surface area contributed by atoms with Crippen LogP contribution >= 0.6 is 0 Å². The van der Waals surface area contributed by atoms with E-state index in [2.05, 4.69) is 15.6 Å². The average Bonchev–Trinajstić information content (AvgIpc) is 2.54. The fourth-order valence-corrected chi connectivity index (χ4v) is 2.26. The van der Waals surface area contributed by atoms with Gasteiger partial charge < -0.3 is 9.67 Å². The van der Waals surface area contributed by atoms with E-state index in [-0.39, 0.29) is 6.10 Å². The first-order valence-corrected chi connectivity index (χ1v) is 6.09. The molecule has 0 saturated carbocycles. The number of aliphatic hydroxyl groups is 1. The van der Waals surface area contributed by atoms with Gasteiger partial charge in [0.1, 0.15) is 5.82 Å². The van der Waals surface area contributed by atoms with Crippen LogP contribution in [-0.4, -0.2) is 20.8 Å². The quantitative estimate of drug-likeness (QED) is 0.793. The number of hydrogen-bond donors (Lipinski definition) is 1. The van der Waals surface area contributed by atoms with Gasteiger partial charge in [-0.3, -0.25) is 0 Å². The molecule has 1 aliphatic carbocycles. The van der Waals surface area contributed by atoms with E-state index in [0.717, 1.165) is 37.9 Å². The van der Waals surface area contributed by atoms with Gasteiger partial charge in [-0.1, -0.05) is 18.1 Å². The van der Waals surface area contributed by atoms with Gasteiger partial charge in [0.15, 0.2) is 0 Å². The smallest absolute Gasteiger partial charge is 0.108 e. The highest BCUT2D eigenvalue weighted by Gasteiger charge is 2.10. The maximum Gasteiger partial charge on any atom is 0.108 e. The summed E-state index contributed by atoms with van der Waals surface area (Å²) in [6.07, 6.45) is 12.1. The molecule has 0 spiro atoms. The highest BCUT2D eigenvalue weighted by Crippen LogP contribution is 2.21. The zero-order valence-electron chi connectivity index (χ0n) is 9.89. The van der Waals surface area contributed by atoms with Gasteiger partial charge in [0.05, 0.1) is 6.10 Å². The van der Waals surface area contributed by atoms with Crippen molar-refractivity contribution in [3.63, 3.8) is 0 Å². The van der Waals surface area contributed by atoms with Crippen LogP contribution < -0.4 is 0 Å². The van der Waals surface area contributed by atoms with Gasteiger partial charge in [-0.05, 0) is 25.7 Å². The summed E-state index contributed by atoms with van der Waals surface area (Å²) in [4.78, 5) is 4.32. The molecule has 0 radical (unpaired) electrons. The molecule has 3 nitrogen and oxygen atoms in total. The third kappa shape index (κ3) is 2.95. The van der Waals surface area contributed by atoms with Crippen LogP contribution in [0.1, 0.15) is 37.9 Å². The summed E-state index contributed by atoms with van der Waals surface area (Å²) in [6.45, 7) is 0. The van der Waals surface area contributed by atoms with Crippen LogP contribution in [0.15, 0.2) is 24.0 Å². The zero-order valence-corrected chi connectivity index (χ0v) is 9.89. The molecule has 1 unspecified atom stereocenters. The van der Waals surface area contributed by atoms with Gasteiger partial charge in [-0.25, -0.2) is 4.98 Å². The Morgan fingerprint density at radius 2 is 2.31 bits per heavy atom. The van der Waals surface area contributed by atoms with Crippen LogP contribution in [0.25, 0.3) is 0 Å². The lowest BCUT2D eigenvalue weighted by Gasteiger charge is -2.06. The largest absolute Gasteiger partial charge is 0.389 e. The zero-order chi connectivity index (χ0) is 11.4. The lowest BCUT2D eigenvalue weighted by molar-refractivity contribution is 0.211. The Morgan fingerprint density at radius 1 is 1.44 bits per heavy atom. The molecule has 1 atom stereocenters. The third-order valence-electron chi connectivity index (χ3n) is 3.27. The van der Waals surface area contributed by atoms with Crippen molar-refractivity contribution in [3.05, 3.63) is 29.9 Å². The highest BCUT2D eigenvalue weighted by atomic mass is 16.3. The van der Waals surface area contributed by atoms with Gasteiger partial charge >= 0.3 is 0 Å². The SMILES string of the molecule is Cn1ccnc1CCC1=CC(O)CCCC1. The highest BCUT2D eigenvalue weighted by molar-refractivity contribution is 5.09. The minimum atomic E-state index is -0.223. The number of aliphatic hydroxyl groups excluding tert-OH is 1. The standard InChI is InChI=1S/C13H20N2O/c1-15-9-8-14-13(15)7-6-11-4-2-3-5-12(16)10-11/h8-10,12,16H,2-7H2,1H3. The third-order valence-corrected chi connectivity index (χ3v) is 3.27. The van der Waals surface area contributed by atoms with E-state index in [0.29, 0.717) is 0 Å². The molecule has 0 fully saturated rings. The molecule has 0 aromatic carbocycles. The Kier molecular flexibility index (Phi) is 3.78. The summed E-state index contributed by atoms with van der Waals surface area (Å²) in [7, 11) is 2.03. The van der Waals surface area contributed by atoms with Crippen LogP contribution in [0.4, 0.5) is 0 Å². The second kappa shape index (κ2) is 5.30. The normalized spacial score (nSPS) is 21.6. The second-order valence-corrected chi connectivity index (χ2v) is 4.59. The summed E-state index contributed by atoms with van der Waals surface area (Å²) in [5.74, 6) is 1.12. The van der Waals surface area contributed by atoms with Crippen LogP contribution in [0.3, 0.4) is 0 Å². The Morgan fingerprint density at radius 3 is 3.06 bits per heavy atom. The number of aromatic nitrogens is 2. The lowest BCUT2D eigenvalue weighted by atomic mass is 10.0. The first kappa shape index (κ1) is 11.4. The Balaban J connectivity index is 1.92. The van der Waals surface area contributed by atoms with Crippen LogP contribution in [0.5, 0.6) is 0 Å². The first-order valence-electron chi connectivity index (χ1n) is 6.09. The number of hydrogen-bond acceptors (Lipinski definition) is 2. The van der Waals surface area contributed by atoms with E-state index in [4.69, 9.17) is 0 Å². The fourth-order valence-electron chi connectivity index (χ4n) is 2.26. The predicted molar refractivity (Wildman–Crippen MR) is 64.1 cm³/mol. The molecule has 1 N–H and O–H groups in total. The van der Waals surface area contributed by atoms with E-state index < -0.39 is 0 Å². The minimum Gasteiger partial charge on any atom is -0.389 e. The Hall–Kier alpha value is -1.09. The van der Waals surface area contributed by atoms with E-state index in [1.807, 2.05) is 19.4 Å². The summed E-state index contributed by atoms with van der Waals surface area (Å²) in [5.41, 5.74) is 1.40. The number of allylic oxidation sites excluding steroid dienone is 1. The van der Waals surface area contributed by atoms with Gasteiger partial charge in [-0.15, -0.1) is 0 Å². The molecule has 1 aromatic rings. The number of imidazole rings is 1. The minimum absolute atomic E-state index is 0.223. The molecule has 1 aromatic heterocycles. The van der Waals surface area contributed by atoms with Crippen LogP contribution in [-0.2, 0) is 13.5 Å². The topological polar surface area (TPSA) is 38.0 Å². The molecule has 0 saturated heterocycles. The van der Waals surface area contributed by atoms with Crippen molar-refractivity contribution in [1.29, 1.82) is 0 Å². The molecule has 1 heterocycles. The molecule has 88 valence electrons. The number of rotatable bonds is 3. The van der Waals surface area contributed by atoms with Crippen LogP contribution in [0.2, 0.25) is 0 Å². The van der Waals surface area contributed by atoms with Gasteiger partial charge in [0.2, 0.25) is 0 Å². The molecule has 0 amide bonds. The van der Waals surface area contributed by atoms with Crippen LogP contribution in [0, 0.1) is 0 Å². The predicted octanol–water partition coefficient (Wildman–Crippen LogP) is 2.21. The van der Waals surface area contributed by atoms with E-state index >= 15 is 0 Å².